The first-order valence-electron chi connectivity index (χ1n) is 5.18. The lowest BCUT2D eigenvalue weighted by molar-refractivity contribution is -0.149. The Kier molecular flexibility index (Phi) is 2.49. The van der Waals surface area contributed by atoms with E-state index in [1.807, 2.05) is 18.2 Å². The molecule has 0 heterocycles. The van der Waals surface area contributed by atoms with E-state index < -0.39 is 11.4 Å². The van der Waals surface area contributed by atoms with Gasteiger partial charge in [0.1, 0.15) is 0 Å². The van der Waals surface area contributed by atoms with Crippen LogP contribution in [-0.2, 0) is 17.6 Å². The fourth-order valence-corrected chi connectivity index (χ4v) is 2.24. The Morgan fingerprint density at radius 1 is 1.40 bits per heavy atom. The van der Waals surface area contributed by atoms with Gasteiger partial charge in [-0.1, -0.05) is 24.3 Å². The van der Waals surface area contributed by atoms with Crippen LogP contribution in [0.4, 0.5) is 0 Å². The van der Waals surface area contributed by atoms with Crippen LogP contribution in [0.1, 0.15) is 17.5 Å². The molecule has 3 N–H and O–H groups in total. The van der Waals surface area contributed by atoms with Crippen LogP contribution in [0.25, 0.3) is 0 Å². The van der Waals surface area contributed by atoms with E-state index >= 15 is 0 Å². The van der Waals surface area contributed by atoms with Crippen LogP contribution < -0.4 is 5.73 Å². The number of hydrogen-bond acceptors (Lipinski definition) is 2. The zero-order chi connectivity index (χ0) is 10.9. The lowest BCUT2D eigenvalue weighted by Crippen LogP contribution is -2.43. The average Bonchev–Trinajstić information content (AvgIpc) is 2.28. The van der Waals surface area contributed by atoms with Crippen LogP contribution in [0.5, 0.6) is 0 Å². The molecule has 1 aromatic carbocycles. The van der Waals surface area contributed by atoms with Crippen molar-refractivity contribution < 1.29 is 9.90 Å². The average molecular weight is 205 g/mol. The minimum absolute atomic E-state index is 0.219. The highest BCUT2D eigenvalue weighted by atomic mass is 16.4. The molecule has 0 aliphatic heterocycles. The molecule has 3 nitrogen and oxygen atoms in total. The molecular weight excluding hydrogens is 190 g/mol. The molecule has 2 rings (SSSR count). The predicted octanol–water partition coefficient (Wildman–Crippen LogP) is 1.20. The SMILES string of the molecule is NCC1(C(=O)O)CCc2ccccc2C1. The molecule has 3 heteroatoms. The number of aryl methyl sites for hydroxylation is 1. The number of benzene rings is 1. The minimum atomic E-state index is -0.764. The molecule has 1 aliphatic rings. The molecule has 1 aromatic rings. The molecule has 0 aromatic heterocycles. The molecule has 80 valence electrons. The van der Waals surface area contributed by atoms with E-state index in [2.05, 4.69) is 6.07 Å². The third kappa shape index (κ3) is 1.63. The first-order chi connectivity index (χ1) is 7.18. The largest absolute Gasteiger partial charge is 0.481 e. The van der Waals surface area contributed by atoms with Crippen LogP contribution in [0, 0.1) is 5.41 Å². The predicted molar refractivity (Wildman–Crippen MR) is 57.6 cm³/mol. The fourth-order valence-electron chi connectivity index (χ4n) is 2.24. The van der Waals surface area contributed by atoms with E-state index in [1.165, 1.54) is 5.56 Å². The summed E-state index contributed by atoms with van der Waals surface area (Å²) >= 11 is 0. The first-order valence-corrected chi connectivity index (χ1v) is 5.18. The Morgan fingerprint density at radius 3 is 2.67 bits per heavy atom. The van der Waals surface area contributed by atoms with Gasteiger partial charge in [-0.3, -0.25) is 4.79 Å². The molecule has 0 amide bonds. The number of aliphatic carboxylic acids is 1. The van der Waals surface area contributed by atoms with Crippen molar-refractivity contribution in [3.63, 3.8) is 0 Å². The quantitative estimate of drug-likeness (QED) is 0.762. The number of nitrogens with two attached hydrogens (primary N) is 1. The highest BCUT2D eigenvalue weighted by molar-refractivity contribution is 5.76. The Hall–Kier alpha value is -1.35. The van der Waals surface area contributed by atoms with E-state index in [-0.39, 0.29) is 6.54 Å². The lowest BCUT2D eigenvalue weighted by Gasteiger charge is -2.33. The fraction of sp³-hybridized carbons (Fsp3) is 0.417. The van der Waals surface area contributed by atoms with E-state index in [0.717, 1.165) is 12.0 Å². The van der Waals surface area contributed by atoms with Crippen LogP contribution in [0.3, 0.4) is 0 Å². The lowest BCUT2D eigenvalue weighted by atomic mass is 9.71. The summed E-state index contributed by atoms with van der Waals surface area (Å²) in [4.78, 5) is 11.2. The second-order valence-electron chi connectivity index (χ2n) is 4.24. The van der Waals surface area contributed by atoms with Crippen molar-refractivity contribution in [2.45, 2.75) is 19.3 Å². The molecule has 1 atom stereocenters. The highest BCUT2D eigenvalue weighted by Crippen LogP contribution is 2.34. The van der Waals surface area contributed by atoms with Gasteiger partial charge in [-0.25, -0.2) is 0 Å². The summed E-state index contributed by atoms with van der Waals surface area (Å²) in [5, 5.41) is 9.23. The second kappa shape index (κ2) is 3.66. The summed E-state index contributed by atoms with van der Waals surface area (Å²) < 4.78 is 0. The van der Waals surface area contributed by atoms with Gasteiger partial charge < -0.3 is 10.8 Å². The van der Waals surface area contributed by atoms with Crippen molar-refractivity contribution in [2.75, 3.05) is 6.54 Å². The highest BCUT2D eigenvalue weighted by Gasteiger charge is 2.39. The van der Waals surface area contributed by atoms with Gasteiger partial charge in [-0.15, -0.1) is 0 Å². The third-order valence-electron chi connectivity index (χ3n) is 3.36. The minimum Gasteiger partial charge on any atom is -0.481 e. The standard InChI is InChI=1S/C12H15NO2/c13-8-12(11(14)15)6-5-9-3-1-2-4-10(9)7-12/h1-4H,5-8,13H2,(H,14,15). The first kappa shape index (κ1) is 10.2. The normalized spacial score (nSPS) is 24.6. The maximum atomic E-state index is 11.2. The van der Waals surface area contributed by atoms with Gasteiger partial charge in [0.25, 0.3) is 0 Å². The van der Waals surface area contributed by atoms with Gasteiger partial charge in [0.15, 0.2) is 0 Å². The molecule has 0 spiro atoms. The number of carboxylic acids is 1. The van der Waals surface area contributed by atoms with Crippen LogP contribution in [0.2, 0.25) is 0 Å². The van der Waals surface area contributed by atoms with Gasteiger partial charge in [0, 0.05) is 6.54 Å². The van der Waals surface area contributed by atoms with Crippen LogP contribution in [0.15, 0.2) is 24.3 Å². The number of hydrogen-bond donors (Lipinski definition) is 2. The molecule has 15 heavy (non-hydrogen) atoms. The third-order valence-corrected chi connectivity index (χ3v) is 3.36. The topological polar surface area (TPSA) is 63.3 Å². The molecule has 0 saturated heterocycles. The molecule has 1 unspecified atom stereocenters. The molecule has 0 saturated carbocycles. The number of carbonyl (C=O) groups is 1. The van der Waals surface area contributed by atoms with Crippen LogP contribution >= 0.6 is 0 Å². The van der Waals surface area contributed by atoms with Gasteiger partial charge in [0.2, 0.25) is 0 Å². The summed E-state index contributed by atoms with van der Waals surface area (Å²) in [6.07, 6.45) is 2.03. The van der Waals surface area contributed by atoms with Crippen molar-refractivity contribution in [2.24, 2.45) is 11.1 Å². The number of fused-ring (bicyclic) bond motifs is 1. The van der Waals surface area contributed by atoms with Gasteiger partial charge in [-0.05, 0) is 30.4 Å². The smallest absolute Gasteiger partial charge is 0.311 e. The van der Waals surface area contributed by atoms with Crippen molar-refractivity contribution in [3.8, 4) is 0 Å². The van der Waals surface area contributed by atoms with Gasteiger partial charge in [0.05, 0.1) is 5.41 Å². The van der Waals surface area contributed by atoms with Crippen molar-refractivity contribution >= 4 is 5.97 Å². The van der Waals surface area contributed by atoms with Gasteiger partial charge >= 0.3 is 5.97 Å². The molecular formula is C12H15NO2. The summed E-state index contributed by atoms with van der Waals surface area (Å²) in [7, 11) is 0. The number of rotatable bonds is 2. The summed E-state index contributed by atoms with van der Waals surface area (Å²) in [6, 6.07) is 8.02. The maximum Gasteiger partial charge on any atom is 0.311 e. The van der Waals surface area contributed by atoms with Crippen molar-refractivity contribution in [3.05, 3.63) is 35.4 Å². The van der Waals surface area contributed by atoms with Crippen molar-refractivity contribution in [1.29, 1.82) is 0 Å². The maximum absolute atomic E-state index is 11.2. The van der Waals surface area contributed by atoms with E-state index in [4.69, 9.17) is 5.73 Å². The molecule has 0 fully saturated rings. The van der Waals surface area contributed by atoms with E-state index in [0.29, 0.717) is 12.8 Å². The number of carboxylic acid groups (broad SMARTS) is 1. The summed E-state index contributed by atoms with van der Waals surface area (Å²) in [6.45, 7) is 0.219. The second-order valence-corrected chi connectivity index (χ2v) is 4.24. The van der Waals surface area contributed by atoms with E-state index in [1.54, 1.807) is 0 Å². The summed E-state index contributed by atoms with van der Waals surface area (Å²) in [5.74, 6) is -0.764. The Labute approximate surface area is 88.9 Å². The van der Waals surface area contributed by atoms with Crippen LogP contribution in [-0.4, -0.2) is 17.6 Å². The van der Waals surface area contributed by atoms with Crippen molar-refractivity contribution in [1.82, 2.24) is 0 Å². The summed E-state index contributed by atoms with van der Waals surface area (Å²) in [5.41, 5.74) is 7.28. The zero-order valence-electron chi connectivity index (χ0n) is 8.57. The Morgan fingerprint density at radius 2 is 2.07 bits per heavy atom. The van der Waals surface area contributed by atoms with E-state index in [9.17, 15) is 9.90 Å². The molecule has 0 bridgehead atoms. The Bertz CT molecular complexity index is 389. The zero-order valence-corrected chi connectivity index (χ0v) is 8.57. The Balaban J connectivity index is 2.35. The molecule has 0 radical (unpaired) electrons. The monoisotopic (exact) mass is 205 g/mol. The molecule has 1 aliphatic carbocycles. The van der Waals surface area contributed by atoms with Gasteiger partial charge in [-0.2, -0.15) is 0 Å².